The number of benzene rings is 10. The van der Waals surface area contributed by atoms with Gasteiger partial charge in [0.1, 0.15) is 40.5 Å². The maximum absolute atomic E-state index is 14.5. The van der Waals surface area contributed by atoms with Gasteiger partial charge in [-0.3, -0.25) is 56.7 Å². The highest BCUT2D eigenvalue weighted by Gasteiger charge is 2.36. The predicted octanol–water partition coefficient (Wildman–Crippen LogP) is 21.2. The van der Waals surface area contributed by atoms with E-state index in [1.165, 1.54) is 72.8 Å². The summed E-state index contributed by atoms with van der Waals surface area (Å²) >= 11 is 6.39. The van der Waals surface area contributed by atoms with Crippen molar-refractivity contribution in [2.24, 2.45) is 49.3 Å². The van der Waals surface area contributed by atoms with Gasteiger partial charge in [-0.1, -0.05) is 72.3 Å². The number of carbonyl (C=O) groups is 5. The van der Waals surface area contributed by atoms with Crippen molar-refractivity contribution in [3.05, 3.63) is 222 Å². The van der Waals surface area contributed by atoms with E-state index in [-0.39, 0.29) is 77.6 Å². The largest absolute Gasteiger partial charge is 0.487 e. The number of aryl methyl sites for hydroxylation is 7. The van der Waals surface area contributed by atoms with Crippen LogP contribution in [0.1, 0.15) is 140 Å². The monoisotopic (exact) mass is 1880 g/mol. The predicted molar refractivity (Wildman–Crippen MR) is 545 cm³/mol. The molecule has 0 radical (unpaired) electrons. The van der Waals surface area contributed by atoms with Gasteiger partial charge in [-0.15, -0.1) is 0 Å². The fourth-order valence-corrected chi connectivity index (χ4v) is 20.0. The summed E-state index contributed by atoms with van der Waals surface area (Å²) in [6, 6.07) is 53.6. The van der Waals surface area contributed by atoms with Crippen LogP contribution in [0.5, 0.6) is 5.75 Å². The topological polar surface area (TPSA) is 328 Å². The lowest BCUT2D eigenvalue weighted by atomic mass is 9.99. The van der Waals surface area contributed by atoms with E-state index in [9.17, 15) is 32.8 Å². The highest BCUT2D eigenvalue weighted by molar-refractivity contribution is 6.35. The second kappa shape index (κ2) is 36.2. The van der Waals surface area contributed by atoms with Gasteiger partial charge in [-0.25, -0.2) is 8.78 Å². The molecule has 0 bridgehead atoms. The number of rotatable bonds is 10. The van der Waals surface area contributed by atoms with Crippen molar-refractivity contribution in [2.75, 3.05) is 47.9 Å². The Morgan fingerprint density at radius 3 is 1.06 bits per heavy atom. The zero-order valence-corrected chi connectivity index (χ0v) is 79.9. The Morgan fingerprint density at radius 2 is 0.655 bits per heavy atom. The van der Waals surface area contributed by atoms with Crippen molar-refractivity contribution in [1.29, 1.82) is 0 Å². The number of halogens is 3. The molecule has 10 aromatic carbocycles. The summed E-state index contributed by atoms with van der Waals surface area (Å²) in [7, 11) is 13.6. The smallest absolute Gasteiger partial charge is 0.228 e. The van der Waals surface area contributed by atoms with Crippen LogP contribution in [0.2, 0.25) is 5.02 Å². The molecule has 32 heteroatoms. The molecule has 17 aromatic rings. The first kappa shape index (κ1) is 90.0. The molecule has 5 aliphatic heterocycles. The van der Waals surface area contributed by atoms with Gasteiger partial charge in [0.05, 0.1) is 108 Å². The highest BCUT2D eigenvalue weighted by atomic mass is 35.5. The number of nitrogens with one attached hydrogen (secondary N) is 9. The van der Waals surface area contributed by atoms with E-state index >= 15 is 0 Å². The molecule has 3 aliphatic carbocycles. The first-order chi connectivity index (χ1) is 67.0. The molecular weight excluding hydrogens is 1780 g/mol. The number of para-hydroxylation sites is 2. The van der Waals surface area contributed by atoms with Crippen molar-refractivity contribution in [2.45, 2.75) is 153 Å². The lowest BCUT2D eigenvalue weighted by molar-refractivity contribution is -0.117. The van der Waals surface area contributed by atoms with Crippen molar-refractivity contribution in [3.8, 4) is 83.9 Å². The summed E-state index contributed by atoms with van der Waals surface area (Å²) in [6.07, 6.45) is 16.4. The highest BCUT2D eigenvalue weighted by Crippen LogP contribution is 2.51. The normalized spacial score (nSPS) is 18.1. The second-order valence-corrected chi connectivity index (χ2v) is 38.5. The number of amides is 5. The molecule has 29 nitrogen and oxygen atoms in total. The van der Waals surface area contributed by atoms with E-state index < -0.39 is 11.6 Å². The minimum Gasteiger partial charge on any atom is -0.487 e. The summed E-state index contributed by atoms with van der Waals surface area (Å²) < 4.78 is 48.2. The van der Waals surface area contributed by atoms with Crippen LogP contribution in [0.4, 0.5) is 60.0 Å². The average Bonchev–Trinajstić information content (AvgIpc) is 1.64. The Bertz CT molecular complexity index is 7700. The Hall–Kier alpha value is -15.5. The van der Waals surface area contributed by atoms with E-state index in [1.54, 1.807) is 27.7 Å². The zero-order chi connectivity index (χ0) is 96.4. The van der Waals surface area contributed by atoms with Crippen LogP contribution in [0.25, 0.3) is 133 Å². The standard InChI is InChI=1S/C22H21FN6O.C22H22N6O.C21H21ClN4O.C21H21FN4O.C21H21N3O2/c1-12-8-19(30)26-22-17(23)6-5-15(21(22)25-12)13-4-7-18-16(9-13)20(27-29(18)3)14-10-24-28(2)11-14;1-13-9-20(29)25-18-6-4-5-16(22(18)24-13)14-7-8-19-17(10-14)21(26-28(19)3)15-11-23-27(2)12-15;2*1-11-9-18(27)24-21-16(22)7-6-14(20(21)23-11)13-5-8-17-15(10-13)19(12-3-4-12)25-26(17)2;1-12-10-19(25)22-17-5-3-4-15(21(17)26-12)14-8-9-18-16(11-14)20(13-6-7-13)23-24(18)2/h4-7,9-12,25H,8H2,1-3H3,(H,26,30);4-8,10-13,24H,9H2,1-3H3,(H,25,29);2*5-8,10-12,23H,3-4,9H2,1-2H3,(H,24,27);3-5,8-9,11-13H,6-7,10H2,1-2H3,(H,22,25)/t12-;13-;2*11-;12-/m11111/s1. The number of carbonyl (C=O) groups excluding carboxylic acids is 5. The van der Waals surface area contributed by atoms with Crippen molar-refractivity contribution in [1.82, 2.24) is 68.5 Å². The second-order valence-electron chi connectivity index (χ2n) is 38.1. The zero-order valence-electron chi connectivity index (χ0n) is 79.1. The van der Waals surface area contributed by atoms with Crippen LogP contribution < -0.4 is 52.6 Å². The van der Waals surface area contributed by atoms with Gasteiger partial charge in [0.15, 0.2) is 5.75 Å². The number of aromatic nitrogens is 14. The van der Waals surface area contributed by atoms with E-state index in [0.717, 1.165) is 156 Å². The number of hydrogen-bond donors (Lipinski definition) is 9. The number of hydrogen-bond acceptors (Lipinski definition) is 17. The van der Waals surface area contributed by atoms with Crippen molar-refractivity contribution >= 4 is 147 Å². The number of nitrogens with zero attached hydrogens (tertiary/aromatic N) is 14. The number of anilines is 9. The Labute approximate surface area is 804 Å². The van der Waals surface area contributed by atoms with Crippen LogP contribution in [0.3, 0.4) is 0 Å². The molecule has 25 rings (SSSR count). The molecular formula is C107H106ClF2N23O6. The van der Waals surface area contributed by atoms with Crippen LogP contribution >= 0.6 is 11.6 Å². The van der Waals surface area contributed by atoms with Crippen LogP contribution in [-0.4, -0.2) is 128 Å². The molecule has 706 valence electrons. The summed E-state index contributed by atoms with van der Waals surface area (Å²) in [6.45, 7) is 9.80. The summed E-state index contributed by atoms with van der Waals surface area (Å²) in [5.41, 5.74) is 28.4. The van der Waals surface area contributed by atoms with Gasteiger partial charge in [-0.05, 0) is 204 Å². The van der Waals surface area contributed by atoms with E-state index in [2.05, 4.69) is 148 Å². The molecule has 7 aromatic heterocycles. The lowest BCUT2D eigenvalue weighted by Crippen LogP contribution is -2.19. The minimum absolute atomic E-state index is 0.00729. The summed E-state index contributed by atoms with van der Waals surface area (Å²) in [5.74, 6) is 1.22. The van der Waals surface area contributed by atoms with Gasteiger partial charge >= 0.3 is 0 Å². The quantitative estimate of drug-likeness (QED) is 0.0614. The fourth-order valence-electron chi connectivity index (χ4n) is 19.8. The van der Waals surface area contributed by atoms with Crippen molar-refractivity contribution < 1.29 is 37.5 Å². The Balaban J connectivity index is 0.000000103. The Morgan fingerprint density at radius 1 is 0.331 bits per heavy atom. The van der Waals surface area contributed by atoms with Gasteiger partial charge in [-0.2, -0.15) is 35.7 Å². The molecule has 5 atom stereocenters. The van der Waals surface area contributed by atoms with Gasteiger partial charge in [0.25, 0.3) is 0 Å². The van der Waals surface area contributed by atoms with E-state index in [0.29, 0.717) is 65.5 Å². The Kier molecular flexibility index (Phi) is 23.4. The third kappa shape index (κ3) is 17.9. The van der Waals surface area contributed by atoms with Gasteiger partial charge in [0, 0.05) is 195 Å². The van der Waals surface area contributed by atoms with Crippen molar-refractivity contribution in [3.63, 3.8) is 0 Å². The molecule has 0 saturated heterocycles. The molecule has 9 N–H and O–H groups in total. The first-order valence-electron chi connectivity index (χ1n) is 47.3. The molecule has 5 amide bonds. The van der Waals surface area contributed by atoms with Crippen LogP contribution in [0, 0.1) is 11.6 Å². The fraction of sp³-hybridized carbons (Fsp3) is 0.290. The van der Waals surface area contributed by atoms with E-state index in [1.807, 2.05) is 181 Å². The molecule has 3 fully saturated rings. The summed E-state index contributed by atoms with van der Waals surface area (Å²) in [5, 5.41) is 66.3. The maximum atomic E-state index is 14.5. The van der Waals surface area contributed by atoms with Gasteiger partial charge < -0.3 is 52.6 Å². The lowest BCUT2D eigenvalue weighted by Gasteiger charge is -2.18. The number of ether oxygens (including phenoxy) is 1. The maximum Gasteiger partial charge on any atom is 0.228 e. The third-order valence-electron chi connectivity index (χ3n) is 26.9. The molecule has 0 unspecified atom stereocenters. The van der Waals surface area contributed by atoms with Crippen LogP contribution in [0.15, 0.2) is 189 Å². The molecule has 0 spiro atoms. The molecule has 12 heterocycles. The van der Waals surface area contributed by atoms with Gasteiger partial charge in [0.2, 0.25) is 29.5 Å². The SMILES string of the molecule is C[C@@H]1CC(=O)Nc2c(Cl)ccc(-c3ccc4c(c3)c(C3CC3)nn4C)c2N1.C[C@@H]1CC(=O)Nc2c(F)ccc(-c3ccc4c(c3)c(-c3cnn(C)c3)nn4C)c2N1.C[C@@H]1CC(=O)Nc2c(F)ccc(-c3ccc4c(c3)c(C3CC3)nn4C)c2N1.C[C@@H]1CC(=O)Nc2cccc(-c3ccc4c(c3)c(-c3cnn(C)c3)nn4C)c2N1.C[C@@H]1CC(=O)Nc2cccc(-c3ccc4c(c3)c(C3CC3)nn4C)c2O1. The molecule has 8 aliphatic rings. The minimum atomic E-state index is -0.456. The van der Waals surface area contributed by atoms with E-state index in [4.69, 9.17) is 36.7 Å². The molecule has 3 saturated carbocycles. The third-order valence-corrected chi connectivity index (χ3v) is 27.3. The van der Waals surface area contributed by atoms with Crippen LogP contribution in [-0.2, 0) is 73.3 Å². The summed E-state index contributed by atoms with van der Waals surface area (Å²) in [4.78, 5) is 60.4. The first-order valence-corrected chi connectivity index (χ1v) is 47.7. The average molecular weight is 1880 g/mol. The molecule has 139 heavy (non-hydrogen) atoms. The number of fused-ring (bicyclic) bond motifs is 10.